The predicted molar refractivity (Wildman–Crippen MR) is 101 cm³/mol. The number of benzene rings is 1. The number of hydrazine groups is 1. The molecule has 0 bridgehead atoms. The molecular formula is C20H23N5O. The van der Waals surface area contributed by atoms with Crippen LogP contribution in [-0.4, -0.2) is 28.0 Å². The summed E-state index contributed by atoms with van der Waals surface area (Å²) < 4.78 is 2.24. The fraction of sp³-hybridized carbons (Fsp3) is 0.300. The number of aryl methyl sites for hydroxylation is 1. The molecule has 1 aromatic carbocycles. The molecule has 6 nitrogen and oxygen atoms in total. The first-order valence-electron chi connectivity index (χ1n) is 8.97. The first kappa shape index (κ1) is 16.8. The number of amides is 1. The minimum Gasteiger partial charge on any atom is -0.353 e. The van der Waals surface area contributed by atoms with E-state index in [0.29, 0.717) is 13.0 Å². The standard InChI is InChI=1S/C20H23N5O/c1-14-12-15-6-2-3-8-19(15)25(14)11-10-22-20(26)18-13-17(23-24-18)16-7-4-5-9-21-16/h2-9,12,17-18,23-24H,10-11,13H2,1H3,(H,22,26). The Labute approximate surface area is 152 Å². The Morgan fingerprint density at radius 1 is 1.23 bits per heavy atom. The van der Waals surface area contributed by atoms with Crippen molar-refractivity contribution in [1.82, 2.24) is 25.7 Å². The van der Waals surface area contributed by atoms with Gasteiger partial charge in [-0.2, -0.15) is 0 Å². The van der Waals surface area contributed by atoms with Gasteiger partial charge < -0.3 is 9.88 Å². The highest BCUT2D eigenvalue weighted by molar-refractivity contribution is 5.82. The lowest BCUT2D eigenvalue weighted by Crippen LogP contribution is -2.44. The minimum atomic E-state index is -0.246. The summed E-state index contributed by atoms with van der Waals surface area (Å²) >= 11 is 0. The van der Waals surface area contributed by atoms with E-state index in [4.69, 9.17) is 0 Å². The smallest absolute Gasteiger partial charge is 0.238 e. The van der Waals surface area contributed by atoms with E-state index < -0.39 is 0 Å². The van der Waals surface area contributed by atoms with Crippen molar-refractivity contribution in [1.29, 1.82) is 0 Å². The lowest BCUT2D eigenvalue weighted by atomic mass is 10.1. The molecule has 6 heteroatoms. The van der Waals surface area contributed by atoms with E-state index >= 15 is 0 Å². The molecule has 0 saturated carbocycles. The SMILES string of the molecule is Cc1cc2ccccc2n1CCNC(=O)C1CC(c2ccccn2)NN1. The predicted octanol–water partition coefficient (Wildman–Crippen LogP) is 2.07. The van der Waals surface area contributed by atoms with Gasteiger partial charge in [0.2, 0.25) is 5.91 Å². The number of para-hydroxylation sites is 1. The zero-order valence-electron chi connectivity index (χ0n) is 14.8. The van der Waals surface area contributed by atoms with Crippen LogP contribution in [0.5, 0.6) is 0 Å². The molecule has 26 heavy (non-hydrogen) atoms. The van der Waals surface area contributed by atoms with Crippen LogP contribution in [0.1, 0.15) is 23.9 Å². The summed E-state index contributed by atoms with van der Waals surface area (Å²) in [6.45, 7) is 3.46. The minimum absolute atomic E-state index is 0.0186. The maximum Gasteiger partial charge on any atom is 0.238 e. The van der Waals surface area contributed by atoms with E-state index in [1.54, 1.807) is 6.20 Å². The molecule has 1 aliphatic rings. The molecular weight excluding hydrogens is 326 g/mol. The highest BCUT2D eigenvalue weighted by Gasteiger charge is 2.30. The summed E-state index contributed by atoms with van der Waals surface area (Å²) in [6.07, 6.45) is 2.46. The lowest BCUT2D eigenvalue weighted by molar-refractivity contribution is -0.122. The number of hydrogen-bond donors (Lipinski definition) is 3. The summed E-state index contributed by atoms with van der Waals surface area (Å²) in [5.74, 6) is 0.0186. The van der Waals surface area contributed by atoms with Crippen molar-refractivity contribution in [3.05, 3.63) is 66.1 Å². The van der Waals surface area contributed by atoms with E-state index in [1.165, 1.54) is 16.6 Å². The Morgan fingerprint density at radius 3 is 2.92 bits per heavy atom. The largest absolute Gasteiger partial charge is 0.353 e. The lowest BCUT2D eigenvalue weighted by Gasteiger charge is -2.12. The Balaban J connectivity index is 1.32. The summed E-state index contributed by atoms with van der Waals surface area (Å²) in [5.41, 5.74) is 9.60. The van der Waals surface area contributed by atoms with Crippen LogP contribution in [0.15, 0.2) is 54.7 Å². The van der Waals surface area contributed by atoms with Crippen LogP contribution in [0.25, 0.3) is 10.9 Å². The molecule has 134 valence electrons. The highest BCUT2D eigenvalue weighted by Crippen LogP contribution is 2.20. The Kier molecular flexibility index (Phi) is 4.69. The zero-order valence-corrected chi connectivity index (χ0v) is 14.8. The number of pyridine rings is 1. The van der Waals surface area contributed by atoms with Gasteiger partial charge in [0, 0.05) is 30.5 Å². The van der Waals surface area contributed by atoms with Gasteiger partial charge in [-0.3, -0.25) is 9.78 Å². The maximum atomic E-state index is 12.5. The van der Waals surface area contributed by atoms with Crippen LogP contribution in [0.3, 0.4) is 0 Å². The van der Waals surface area contributed by atoms with Gasteiger partial charge in [0.15, 0.2) is 0 Å². The molecule has 0 aliphatic carbocycles. The average molecular weight is 349 g/mol. The molecule has 2 unspecified atom stereocenters. The molecule has 3 N–H and O–H groups in total. The topological polar surface area (TPSA) is 71.0 Å². The summed E-state index contributed by atoms with van der Waals surface area (Å²) in [7, 11) is 0. The third-order valence-electron chi connectivity index (χ3n) is 4.92. The molecule has 1 saturated heterocycles. The van der Waals surface area contributed by atoms with Crippen molar-refractivity contribution in [2.75, 3.05) is 6.54 Å². The van der Waals surface area contributed by atoms with Crippen LogP contribution in [-0.2, 0) is 11.3 Å². The first-order valence-corrected chi connectivity index (χ1v) is 8.97. The van der Waals surface area contributed by atoms with Gasteiger partial charge in [-0.25, -0.2) is 10.9 Å². The number of nitrogens with one attached hydrogen (secondary N) is 3. The van der Waals surface area contributed by atoms with Gasteiger partial charge >= 0.3 is 0 Å². The third-order valence-corrected chi connectivity index (χ3v) is 4.92. The number of carbonyl (C=O) groups is 1. The van der Waals surface area contributed by atoms with Gasteiger partial charge in [0.1, 0.15) is 6.04 Å². The Hall–Kier alpha value is -2.70. The van der Waals surface area contributed by atoms with Gasteiger partial charge in [-0.05, 0) is 43.0 Å². The van der Waals surface area contributed by atoms with Crippen molar-refractivity contribution in [2.45, 2.75) is 32.0 Å². The average Bonchev–Trinajstić information content (AvgIpc) is 3.28. The molecule has 4 rings (SSSR count). The molecule has 2 atom stereocenters. The number of carbonyl (C=O) groups excluding carboxylic acids is 1. The third kappa shape index (κ3) is 3.34. The Morgan fingerprint density at radius 2 is 2.08 bits per heavy atom. The van der Waals surface area contributed by atoms with Crippen LogP contribution in [0.4, 0.5) is 0 Å². The van der Waals surface area contributed by atoms with Crippen LogP contribution in [0.2, 0.25) is 0 Å². The van der Waals surface area contributed by atoms with Gasteiger partial charge in [0.05, 0.1) is 11.7 Å². The van der Waals surface area contributed by atoms with E-state index in [0.717, 1.165) is 12.2 Å². The molecule has 0 radical (unpaired) electrons. The second-order valence-electron chi connectivity index (χ2n) is 6.67. The van der Waals surface area contributed by atoms with Crippen LogP contribution in [0, 0.1) is 6.92 Å². The van der Waals surface area contributed by atoms with E-state index in [-0.39, 0.29) is 18.0 Å². The van der Waals surface area contributed by atoms with Crippen LogP contribution < -0.4 is 16.2 Å². The number of rotatable bonds is 5. The molecule has 1 aliphatic heterocycles. The van der Waals surface area contributed by atoms with Crippen molar-refractivity contribution in [2.24, 2.45) is 0 Å². The fourth-order valence-electron chi connectivity index (χ4n) is 3.56. The molecule has 1 amide bonds. The maximum absolute atomic E-state index is 12.5. The van der Waals surface area contributed by atoms with Gasteiger partial charge in [-0.15, -0.1) is 0 Å². The van der Waals surface area contributed by atoms with Gasteiger partial charge in [-0.1, -0.05) is 24.3 Å². The fourth-order valence-corrected chi connectivity index (χ4v) is 3.56. The molecule has 3 aromatic rings. The quantitative estimate of drug-likeness (QED) is 0.659. The van der Waals surface area contributed by atoms with Crippen molar-refractivity contribution in [3.8, 4) is 0 Å². The second kappa shape index (κ2) is 7.27. The number of fused-ring (bicyclic) bond motifs is 1. The monoisotopic (exact) mass is 349 g/mol. The second-order valence-corrected chi connectivity index (χ2v) is 6.67. The molecule has 1 fully saturated rings. The summed E-state index contributed by atoms with van der Waals surface area (Å²) in [6, 6.07) is 16.1. The highest BCUT2D eigenvalue weighted by atomic mass is 16.2. The summed E-state index contributed by atoms with van der Waals surface area (Å²) in [4.78, 5) is 16.8. The first-order chi connectivity index (χ1) is 12.7. The van der Waals surface area contributed by atoms with Crippen molar-refractivity contribution >= 4 is 16.8 Å². The molecule has 2 aromatic heterocycles. The number of aromatic nitrogens is 2. The Bertz CT molecular complexity index is 905. The number of nitrogens with zero attached hydrogens (tertiary/aromatic N) is 2. The zero-order chi connectivity index (χ0) is 17.9. The van der Waals surface area contributed by atoms with E-state index in [2.05, 4.69) is 50.8 Å². The van der Waals surface area contributed by atoms with E-state index in [1.807, 2.05) is 30.3 Å². The van der Waals surface area contributed by atoms with Gasteiger partial charge in [0.25, 0.3) is 0 Å². The number of hydrogen-bond acceptors (Lipinski definition) is 4. The summed E-state index contributed by atoms with van der Waals surface area (Å²) in [5, 5.41) is 4.28. The molecule has 0 spiro atoms. The van der Waals surface area contributed by atoms with Crippen molar-refractivity contribution < 1.29 is 4.79 Å². The normalized spacial score (nSPS) is 19.7. The molecule has 3 heterocycles. The van der Waals surface area contributed by atoms with Crippen molar-refractivity contribution in [3.63, 3.8) is 0 Å². The van der Waals surface area contributed by atoms with E-state index in [9.17, 15) is 4.79 Å². The van der Waals surface area contributed by atoms with Crippen LogP contribution >= 0.6 is 0 Å².